The first-order chi connectivity index (χ1) is 11.2. The fraction of sp³-hybridized carbons (Fsp3) is 0.211. The molecule has 2 aromatic carbocycles. The molecule has 0 radical (unpaired) electrons. The zero-order chi connectivity index (χ0) is 16.0. The van der Waals surface area contributed by atoms with E-state index in [1.54, 1.807) is 4.90 Å². The summed E-state index contributed by atoms with van der Waals surface area (Å²) in [7, 11) is 2.07. The van der Waals surface area contributed by atoms with E-state index < -0.39 is 0 Å². The van der Waals surface area contributed by atoms with Gasteiger partial charge in [-0.2, -0.15) is 0 Å². The van der Waals surface area contributed by atoms with Gasteiger partial charge in [-0.25, -0.2) is 0 Å². The molecule has 2 aliphatic rings. The zero-order valence-electron chi connectivity index (χ0n) is 12.9. The maximum atomic E-state index is 13.2. The van der Waals surface area contributed by atoms with E-state index in [1.165, 1.54) is 0 Å². The number of para-hydroxylation sites is 1. The van der Waals surface area contributed by atoms with Crippen molar-refractivity contribution in [1.29, 1.82) is 0 Å². The van der Waals surface area contributed by atoms with Gasteiger partial charge in [0.2, 0.25) is 0 Å². The minimum absolute atomic E-state index is 0.0530. The summed E-state index contributed by atoms with van der Waals surface area (Å²) < 4.78 is 0. The Hall–Kier alpha value is -2.26. The molecular weight excluding hydrogens is 308 g/mol. The monoisotopic (exact) mass is 324 g/mol. The molecule has 0 spiro atoms. The Balaban J connectivity index is 1.90. The van der Waals surface area contributed by atoms with Gasteiger partial charge in [-0.15, -0.1) is 0 Å². The predicted molar refractivity (Wildman–Crippen MR) is 93.8 cm³/mol. The Morgan fingerprint density at radius 1 is 1.04 bits per heavy atom. The van der Waals surface area contributed by atoms with Crippen LogP contribution in [0.1, 0.15) is 18.4 Å². The first kappa shape index (κ1) is 14.3. The van der Waals surface area contributed by atoms with Gasteiger partial charge in [0.1, 0.15) is 0 Å². The van der Waals surface area contributed by atoms with Crippen molar-refractivity contribution in [2.24, 2.45) is 0 Å². The molecular formula is C19H17ClN2O. The van der Waals surface area contributed by atoms with Gasteiger partial charge in [0, 0.05) is 35.6 Å². The topological polar surface area (TPSA) is 23.6 Å². The summed E-state index contributed by atoms with van der Waals surface area (Å²) in [6.45, 7) is 1.01. The van der Waals surface area contributed by atoms with Crippen LogP contribution < -0.4 is 4.90 Å². The standard InChI is InChI=1S/C19H17ClN2O/c1-21-12-4-7-17(21)18-15-5-2-3-6-16(15)22(19(18)23)14-10-8-13(20)9-11-14/h2-3,5-6,8-11H,4,7,12H2,1H3/b18-17+. The summed E-state index contributed by atoms with van der Waals surface area (Å²) >= 11 is 5.99. The number of carbonyl (C=O) groups is 1. The van der Waals surface area contributed by atoms with Crippen LogP contribution in [0.4, 0.5) is 11.4 Å². The Morgan fingerprint density at radius 2 is 1.78 bits per heavy atom. The molecule has 2 heterocycles. The lowest BCUT2D eigenvalue weighted by atomic mass is 10.0. The van der Waals surface area contributed by atoms with Gasteiger partial charge < -0.3 is 4.90 Å². The van der Waals surface area contributed by atoms with Crippen LogP contribution in [0.3, 0.4) is 0 Å². The highest BCUT2D eigenvalue weighted by atomic mass is 35.5. The molecule has 4 rings (SSSR count). The van der Waals surface area contributed by atoms with Crippen LogP contribution in [-0.2, 0) is 4.79 Å². The molecule has 1 fully saturated rings. The van der Waals surface area contributed by atoms with Crippen molar-refractivity contribution in [3.8, 4) is 0 Å². The van der Waals surface area contributed by atoms with Crippen LogP contribution in [-0.4, -0.2) is 24.4 Å². The molecule has 1 saturated heterocycles. The molecule has 0 unspecified atom stereocenters. The molecule has 1 amide bonds. The van der Waals surface area contributed by atoms with Gasteiger partial charge >= 0.3 is 0 Å². The highest BCUT2D eigenvalue weighted by Crippen LogP contribution is 2.44. The van der Waals surface area contributed by atoms with Crippen molar-refractivity contribution in [3.63, 3.8) is 0 Å². The number of halogens is 1. The van der Waals surface area contributed by atoms with E-state index in [0.717, 1.165) is 47.6 Å². The maximum absolute atomic E-state index is 13.2. The van der Waals surface area contributed by atoms with Crippen molar-refractivity contribution in [2.75, 3.05) is 18.5 Å². The molecule has 2 aromatic rings. The van der Waals surface area contributed by atoms with Crippen molar-refractivity contribution in [2.45, 2.75) is 12.8 Å². The molecule has 0 aliphatic carbocycles. The van der Waals surface area contributed by atoms with Gasteiger partial charge in [-0.3, -0.25) is 9.69 Å². The summed E-state index contributed by atoms with van der Waals surface area (Å²) in [6.07, 6.45) is 2.06. The van der Waals surface area contributed by atoms with Crippen molar-refractivity contribution in [3.05, 3.63) is 64.8 Å². The number of hydrogen-bond donors (Lipinski definition) is 0. The fourth-order valence-corrected chi connectivity index (χ4v) is 3.59. The maximum Gasteiger partial charge on any atom is 0.265 e. The number of carbonyl (C=O) groups excluding carboxylic acids is 1. The molecule has 0 bridgehead atoms. The number of likely N-dealkylation sites (tertiary alicyclic amines) is 1. The number of allylic oxidation sites excluding steroid dienone is 1. The average Bonchev–Trinajstić information content (AvgIpc) is 3.09. The van der Waals surface area contributed by atoms with Crippen molar-refractivity contribution < 1.29 is 4.79 Å². The third-order valence-electron chi connectivity index (χ3n) is 4.57. The van der Waals surface area contributed by atoms with E-state index in [0.29, 0.717) is 5.02 Å². The first-order valence-corrected chi connectivity index (χ1v) is 8.18. The number of hydrogen-bond acceptors (Lipinski definition) is 2. The van der Waals surface area contributed by atoms with Gasteiger partial charge in [-0.1, -0.05) is 29.8 Å². The highest BCUT2D eigenvalue weighted by molar-refractivity contribution is 6.35. The molecule has 116 valence electrons. The minimum Gasteiger partial charge on any atom is -0.377 e. The van der Waals surface area contributed by atoms with Gasteiger partial charge in [0.15, 0.2) is 0 Å². The molecule has 0 atom stereocenters. The number of nitrogens with zero attached hydrogens (tertiary/aromatic N) is 2. The predicted octanol–water partition coefficient (Wildman–Crippen LogP) is 4.46. The Morgan fingerprint density at radius 3 is 2.48 bits per heavy atom. The number of anilines is 2. The molecule has 3 nitrogen and oxygen atoms in total. The summed E-state index contributed by atoms with van der Waals surface area (Å²) in [4.78, 5) is 17.2. The third kappa shape index (κ3) is 2.23. The van der Waals surface area contributed by atoms with Crippen LogP contribution >= 0.6 is 11.6 Å². The minimum atomic E-state index is 0.0530. The second kappa shape index (κ2) is 5.43. The number of amides is 1. The van der Waals surface area contributed by atoms with Crippen LogP contribution in [0.5, 0.6) is 0 Å². The Bertz CT molecular complexity index is 810. The molecule has 0 N–H and O–H groups in total. The lowest BCUT2D eigenvalue weighted by Crippen LogP contribution is -2.22. The zero-order valence-corrected chi connectivity index (χ0v) is 13.7. The summed E-state index contributed by atoms with van der Waals surface area (Å²) in [5.74, 6) is 0.0530. The van der Waals surface area contributed by atoms with Crippen LogP contribution in [0.15, 0.2) is 54.2 Å². The second-order valence-electron chi connectivity index (χ2n) is 5.98. The molecule has 2 aliphatic heterocycles. The van der Waals surface area contributed by atoms with E-state index >= 15 is 0 Å². The van der Waals surface area contributed by atoms with Crippen LogP contribution in [0, 0.1) is 0 Å². The summed E-state index contributed by atoms with van der Waals surface area (Å²) in [5.41, 5.74) is 4.82. The summed E-state index contributed by atoms with van der Waals surface area (Å²) in [6, 6.07) is 15.4. The number of rotatable bonds is 1. The SMILES string of the molecule is CN1CCC/C1=C1\C(=O)N(c2ccc(Cl)cc2)c2ccccc21. The van der Waals surface area contributed by atoms with E-state index in [2.05, 4.69) is 11.9 Å². The van der Waals surface area contributed by atoms with Gasteiger partial charge in [0.25, 0.3) is 5.91 Å². The largest absolute Gasteiger partial charge is 0.377 e. The quantitative estimate of drug-likeness (QED) is 0.723. The molecule has 0 saturated carbocycles. The van der Waals surface area contributed by atoms with E-state index in [-0.39, 0.29) is 5.91 Å². The molecule has 0 aromatic heterocycles. The third-order valence-corrected chi connectivity index (χ3v) is 4.82. The van der Waals surface area contributed by atoms with E-state index in [9.17, 15) is 4.79 Å². The Kier molecular flexibility index (Phi) is 3.38. The van der Waals surface area contributed by atoms with E-state index in [4.69, 9.17) is 11.6 Å². The lowest BCUT2D eigenvalue weighted by Gasteiger charge is -2.18. The average molecular weight is 325 g/mol. The second-order valence-corrected chi connectivity index (χ2v) is 6.42. The highest BCUT2D eigenvalue weighted by Gasteiger charge is 2.36. The van der Waals surface area contributed by atoms with Crippen molar-refractivity contribution in [1.82, 2.24) is 4.90 Å². The smallest absolute Gasteiger partial charge is 0.265 e. The molecule has 4 heteroatoms. The van der Waals surface area contributed by atoms with Crippen molar-refractivity contribution >= 4 is 34.5 Å². The van der Waals surface area contributed by atoms with Crippen LogP contribution in [0.2, 0.25) is 5.02 Å². The lowest BCUT2D eigenvalue weighted by molar-refractivity contribution is -0.112. The van der Waals surface area contributed by atoms with E-state index in [1.807, 2.05) is 48.5 Å². The van der Waals surface area contributed by atoms with Gasteiger partial charge in [-0.05, 0) is 43.2 Å². The number of fused-ring (bicyclic) bond motifs is 1. The molecule has 23 heavy (non-hydrogen) atoms. The van der Waals surface area contributed by atoms with Crippen LogP contribution in [0.25, 0.3) is 5.57 Å². The fourth-order valence-electron chi connectivity index (χ4n) is 3.47. The van der Waals surface area contributed by atoms with Gasteiger partial charge in [0.05, 0.1) is 11.3 Å². The number of benzene rings is 2. The normalized spacial score (nSPS) is 20.3. The Labute approximate surface area is 140 Å². The first-order valence-electron chi connectivity index (χ1n) is 7.80. The summed E-state index contributed by atoms with van der Waals surface area (Å²) in [5, 5.41) is 0.669.